The van der Waals surface area contributed by atoms with Gasteiger partial charge in [0.2, 0.25) is 5.82 Å². The SMILES string of the molecule is CCOCC(C)n1c(C)nnc1C(=O)OCC. The number of esters is 1. The molecule has 1 aromatic heterocycles. The highest BCUT2D eigenvalue weighted by Crippen LogP contribution is 2.13. The molecule has 1 unspecified atom stereocenters. The van der Waals surface area contributed by atoms with Gasteiger partial charge in [0.05, 0.1) is 19.3 Å². The van der Waals surface area contributed by atoms with Crippen LogP contribution in [0.3, 0.4) is 0 Å². The van der Waals surface area contributed by atoms with Crippen LogP contribution in [0.2, 0.25) is 0 Å². The molecule has 6 heteroatoms. The van der Waals surface area contributed by atoms with Crippen LogP contribution >= 0.6 is 0 Å². The summed E-state index contributed by atoms with van der Waals surface area (Å²) in [6.07, 6.45) is 0. The highest BCUT2D eigenvalue weighted by molar-refractivity contribution is 5.85. The Hall–Kier alpha value is -1.43. The Balaban J connectivity index is 2.89. The third kappa shape index (κ3) is 3.26. The van der Waals surface area contributed by atoms with Crippen LogP contribution in [-0.2, 0) is 9.47 Å². The summed E-state index contributed by atoms with van der Waals surface area (Å²) in [6, 6.07) is 0.00403. The van der Waals surface area contributed by atoms with Crippen LogP contribution in [-0.4, -0.2) is 40.6 Å². The summed E-state index contributed by atoms with van der Waals surface area (Å²) < 4.78 is 12.0. The molecule has 96 valence electrons. The van der Waals surface area contributed by atoms with Gasteiger partial charge in [0.25, 0.3) is 0 Å². The van der Waals surface area contributed by atoms with Crippen LogP contribution < -0.4 is 0 Å². The van der Waals surface area contributed by atoms with Crippen molar-refractivity contribution in [2.75, 3.05) is 19.8 Å². The molecule has 1 heterocycles. The molecular formula is C11H19N3O3. The fraction of sp³-hybridized carbons (Fsp3) is 0.727. The number of nitrogens with zero attached hydrogens (tertiary/aromatic N) is 3. The van der Waals surface area contributed by atoms with Crippen molar-refractivity contribution in [3.05, 3.63) is 11.6 Å². The van der Waals surface area contributed by atoms with Crippen LogP contribution in [0.5, 0.6) is 0 Å². The number of carbonyl (C=O) groups excluding carboxylic acids is 1. The molecule has 0 fully saturated rings. The maximum Gasteiger partial charge on any atom is 0.376 e. The van der Waals surface area contributed by atoms with E-state index in [1.807, 2.05) is 13.8 Å². The lowest BCUT2D eigenvalue weighted by Crippen LogP contribution is -2.20. The minimum Gasteiger partial charge on any atom is -0.460 e. The molecule has 0 bridgehead atoms. The summed E-state index contributed by atoms with van der Waals surface area (Å²) in [6.45, 7) is 8.92. The van der Waals surface area contributed by atoms with Gasteiger partial charge in [-0.15, -0.1) is 10.2 Å². The molecule has 0 radical (unpaired) electrons. The standard InChI is InChI=1S/C11H19N3O3/c1-5-16-7-8(3)14-9(4)12-13-10(14)11(15)17-6-2/h8H,5-7H2,1-4H3. The van der Waals surface area contributed by atoms with E-state index in [4.69, 9.17) is 9.47 Å². The van der Waals surface area contributed by atoms with Gasteiger partial charge in [0, 0.05) is 6.61 Å². The van der Waals surface area contributed by atoms with E-state index >= 15 is 0 Å². The summed E-state index contributed by atoms with van der Waals surface area (Å²) in [7, 11) is 0. The van der Waals surface area contributed by atoms with Gasteiger partial charge in [0.1, 0.15) is 5.82 Å². The van der Waals surface area contributed by atoms with Crippen molar-refractivity contribution in [3.63, 3.8) is 0 Å². The Kier molecular flexibility index (Phi) is 5.09. The Morgan fingerprint density at radius 2 is 2.06 bits per heavy atom. The van der Waals surface area contributed by atoms with Crippen molar-refractivity contribution in [2.24, 2.45) is 0 Å². The molecule has 0 aliphatic carbocycles. The predicted molar refractivity (Wildman–Crippen MR) is 61.9 cm³/mol. The van der Waals surface area contributed by atoms with Crippen molar-refractivity contribution in [2.45, 2.75) is 33.7 Å². The van der Waals surface area contributed by atoms with Gasteiger partial charge in [-0.3, -0.25) is 0 Å². The van der Waals surface area contributed by atoms with Gasteiger partial charge in [0.15, 0.2) is 0 Å². The number of aryl methyl sites for hydroxylation is 1. The van der Waals surface area contributed by atoms with Gasteiger partial charge >= 0.3 is 5.97 Å². The van der Waals surface area contributed by atoms with Gasteiger partial charge in [-0.2, -0.15) is 0 Å². The predicted octanol–water partition coefficient (Wildman–Crippen LogP) is 1.36. The van der Waals surface area contributed by atoms with Crippen LogP contribution in [0.4, 0.5) is 0 Å². The minimum absolute atomic E-state index is 0.00403. The molecule has 0 aromatic carbocycles. The first kappa shape index (κ1) is 13.6. The Labute approximate surface area is 101 Å². The van der Waals surface area contributed by atoms with E-state index < -0.39 is 5.97 Å². The molecule has 0 spiro atoms. The Bertz CT molecular complexity index is 376. The van der Waals surface area contributed by atoms with Crippen molar-refractivity contribution in [1.29, 1.82) is 0 Å². The third-order valence-electron chi connectivity index (χ3n) is 2.33. The third-order valence-corrected chi connectivity index (χ3v) is 2.33. The molecule has 17 heavy (non-hydrogen) atoms. The molecule has 1 atom stereocenters. The molecule has 0 aliphatic heterocycles. The fourth-order valence-electron chi connectivity index (χ4n) is 1.59. The molecule has 0 saturated heterocycles. The smallest absolute Gasteiger partial charge is 0.376 e. The quantitative estimate of drug-likeness (QED) is 0.703. The Morgan fingerprint density at radius 3 is 2.65 bits per heavy atom. The first-order chi connectivity index (χ1) is 8.11. The number of hydrogen-bond acceptors (Lipinski definition) is 5. The molecule has 0 amide bonds. The lowest BCUT2D eigenvalue weighted by Gasteiger charge is -2.16. The second kappa shape index (κ2) is 6.34. The molecule has 0 aliphatic rings. The number of carbonyl (C=O) groups is 1. The molecular weight excluding hydrogens is 222 g/mol. The number of aromatic nitrogens is 3. The number of hydrogen-bond donors (Lipinski definition) is 0. The van der Waals surface area contributed by atoms with Crippen LogP contribution in [0, 0.1) is 6.92 Å². The summed E-state index contributed by atoms with van der Waals surface area (Å²) in [5.41, 5.74) is 0. The molecule has 6 nitrogen and oxygen atoms in total. The highest BCUT2D eigenvalue weighted by atomic mass is 16.5. The normalized spacial score (nSPS) is 12.5. The van der Waals surface area contributed by atoms with Crippen LogP contribution in [0.1, 0.15) is 43.3 Å². The Morgan fingerprint density at radius 1 is 1.35 bits per heavy atom. The topological polar surface area (TPSA) is 66.2 Å². The van der Waals surface area contributed by atoms with E-state index in [0.717, 1.165) is 0 Å². The lowest BCUT2D eigenvalue weighted by molar-refractivity contribution is 0.0496. The van der Waals surface area contributed by atoms with E-state index in [2.05, 4.69) is 10.2 Å². The van der Waals surface area contributed by atoms with Crippen molar-refractivity contribution >= 4 is 5.97 Å². The lowest BCUT2D eigenvalue weighted by atomic mass is 10.3. The van der Waals surface area contributed by atoms with Gasteiger partial charge < -0.3 is 14.0 Å². The zero-order valence-electron chi connectivity index (χ0n) is 10.8. The monoisotopic (exact) mass is 241 g/mol. The van der Waals surface area contributed by atoms with Gasteiger partial charge in [-0.05, 0) is 27.7 Å². The summed E-state index contributed by atoms with van der Waals surface area (Å²) in [5, 5.41) is 7.75. The summed E-state index contributed by atoms with van der Waals surface area (Å²) in [5.74, 6) is 0.466. The zero-order valence-corrected chi connectivity index (χ0v) is 10.8. The summed E-state index contributed by atoms with van der Waals surface area (Å²) >= 11 is 0. The molecule has 0 N–H and O–H groups in total. The van der Waals surface area contributed by atoms with E-state index in [1.165, 1.54) is 0 Å². The van der Waals surface area contributed by atoms with Gasteiger partial charge in [-0.25, -0.2) is 4.79 Å². The van der Waals surface area contributed by atoms with E-state index in [-0.39, 0.29) is 11.9 Å². The second-order valence-corrected chi connectivity index (χ2v) is 3.67. The average molecular weight is 241 g/mol. The highest BCUT2D eigenvalue weighted by Gasteiger charge is 2.21. The minimum atomic E-state index is -0.448. The first-order valence-corrected chi connectivity index (χ1v) is 5.78. The molecule has 1 rings (SSSR count). The molecule has 1 aromatic rings. The van der Waals surface area contributed by atoms with Gasteiger partial charge in [-0.1, -0.05) is 0 Å². The van der Waals surface area contributed by atoms with Crippen LogP contribution in [0.15, 0.2) is 0 Å². The maximum atomic E-state index is 11.7. The summed E-state index contributed by atoms with van der Waals surface area (Å²) in [4.78, 5) is 11.7. The van der Waals surface area contributed by atoms with Crippen molar-refractivity contribution in [3.8, 4) is 0 Å². The fourth-order valence-corrected chi connectivity index (χ4v) is 1.59. The van der Waals surface area contributed by atoms with E-state index in [9.17, 15) is 4.79 Å². The van der Waals surface area contributed by atoms with E-state index in [0.29, 0.717) is 25.6 Å². The molecule has 0 saturated carbocycles. The number of ether oxygens (including phenoxy) is 2. The first-order valence-electron chi connectivity index (χ1n) is 5.78. The maximum absolute atomic E-state index is 11.7. The largest absolute Gasteiger partial charge is 0.460 e. The van der Waals surface area contributed by atoms with Crippen molar-refractivity contribution < 1.29 is 14.3 Å². The van der Waals surface area contributed by atoms with Crippen molar-refractivity contribution in [1.82, 2.24) is 14.8 Å². The van der Waals surface area contributed by atoms with E-state index in [1.54, 1.807) is 18.4 Å². The van der Waals surface area contributed by atoms with Crippen LogP contribution in [0.25, 0.3) is 0 Å². The average Bonchev–Trinajstić information content (AvgIpc) is 2.68. The number of rotatable bonds is 6. The zero-order chi connectivity index (χ0) is 12.8. The second-order valence-electron chi connectivity index (χ2n) is 3.67.